The molecule has 0 aliphatic carbocycles. The molecule has 1 unspecified atom stereocenters. The van der Waals surface area contributed by atoms with Crippen molar-refractivity contribution in [2.24, 2.45) is 11.1 Å². The molecule has 2 N–H and O–H groups in total. The van der Waals surface area contributed by atoms with Crippen LogP contribution in [0.4, 0.5) is 0 Å². The molecule has 0 aromatic heterocycles. The van der Waals surface area contributed by atoms with Gasteiger partial charge in [0.15, 0.2) is 0 Å². The van der Waals surface area contributed by atoms with Crippen molar-refractivity contribution in [2.45, 2.75) is 32.9 Å². The number of fused-ring (bicyclic) bond motifs is 1. The number of ether oxygens (including phenoxy) is 1. The molecule has 118 valence electrons. The Hall–Kier alpha value is -1.58. The average molecular weight is 298 g/mol. The molecule has 1 aliphatic heterocycles. The summed E-state index contributed by atoms with van der Waals surface area (Å²) in [7, 11) is 1.73. The largest absolute Gasteiger partial charge is 0.496 e. The van der Waals surface area contributed by atoms with Crippen LogP contribution < -0.4 is 10.5 Å². The van der Waals surface area contributed by atoms with Crippen LogP contribution in [-0.4, -0.2) is 31.1 Å². The van der Waals surface area contributed by atoms with Crippen molar-refractivity contribution in [3.05, 3.63) is 42.0 Å². The number of hydrogen-bond acceptors (Lipinski definition) is 3. The quantitative estimate of drug-likeness (QED) is 0.944. The third kappa shape index (κ3) is 2.83. The van der Waals surface area contributed by atoms with Gasteiger partial charge in [-0.05, 0) is 28.9 Å². The molecule has 1 saturated heterocycles. The summed E-state index contributed by atoms with van der Waals surface area (Å²) < 4.78 is 5.49. The van der Waals surface area contributed by atoms with Gasteiger partial charge in [0.2, 0.25) is 0 Å². The van der Waals surface area contributed by atoms with Gasteiger partial charge >= 0.3 is 0 Å². The summed E-state index contributed by atoms with van der Waals surface area (Å²) in [6.07, 6.45) is 1.07. The minimum absolute atomic E-state index is 0.181. The van der Waals surface area contributed by atoms with E-state index in [4.69, 9.17) is 10.5 Å². The molecule has 0 spiro atoms. The van der Waals surface area contributed by atoms with Crippen LogP contribution in [0.5, 0.6) is 5.75 Å². The first-order chi connectivity index (χ1) is 10.5. The van der Waals surface area contributed by atoms with Crippen LogP contribution in [0.25, 0.3) is 10.8 Å². The molecule has 0 bridgehead atoms. The maximum atomic E-state index is 6.25. The van der Waals surface area contributed by atoms with Gasteiger partial charge in [-0.1, -0.05) is 44.2 Å². The van der Waals surface area contributed by atoms with E-state index in [1.54, 1.807) is 7.11 Å². The number of benzene rings is 2. The summed E-state index contributed by atoms with van der Waals surface area (Å²) in [5.41, 5.74) is 7.80. The predicted octanol–water partition coefficient (Wildman–Crippen LogP) is 3.41. The smallest absolute Gasteiger partial charge is 0.126 e. The van der Waals surface area contributed by atoms with E-state index in [-0.39, 0.29) is 5.41 Å². The van der Waals surface area contributed by atoms with Gasteiger partial charge < -0.3 is 10.5 Å². The Bertz CT molecular complexity index is 666. The number of piperidine rings is 1. The van der Waals surface area contributed by atoms with Gasteiger partial charge in [-0.25, -0.2) is 0 Å². The molecule has 1 aliphatic rings. The zero-order valence-corrected chi connectivity index (χ0v) is 13.8. The highest BCUT2D eigenvalue weighted by atomic mass is 16.5. The number of nitrogens with two attached hydrogens (primary N) is 1. The zero-order valence-electron chi connectivity index (χ0n) is 13.8. The van der Waals surface area contributed by atoms with Crippen LogP contribution in [0, 0.1) is 5.41 Å². The fraction of sp³-hybridized carbons (Fsp3) is 0.474. The fourth-order valence-corrected chi connectivity index (χ4v) is 3.51. The van der Waals surface area contributed by atoms with Crippen LogP contribution in [0.3, 0.4) is 0 Å². The van der Waals surface area contributed by atoms with E-state index in [0.29, 0.717) is 6.04 Å². The van der Waals surface area contributed by atoms with Crippen molar-refractivity contribution >= 4 is 10.8 Å². The summed E-state index contributed by atoms with van der Waals surface area (Å²) in [6, 6.07) is 13.1. The molecule has 0 amide bonds. The van der Waals surface area contributed by atoms with Crippen molar-refractivity contribution < 1.29 is 4.74 Å². The fourth-order valence-electron chi connectivity index (χ4n) is 3.51. The number of hydrogen-bond donors (Lipinski definition) is 1. The second-order valence-corrected chi connectivity index (χ2v) is 7.07. The topological polar surface area (TPSA) is 38.5 Å². The van der Waals surface area contributed by atoms with Gasteiger partial charge in [-0.15, -0.1) is 0 Å². The average Bonchev–Trinajstić information content (AvgIpc) is 2.51. The first-order valence-electron chi connectivity index (χ1n) is 8.04. The Labute approximate surface area is 133 Å². The Morgan fingerprint density at radius 3 is 2.59 bits per heavy atom. The highest BCUT2D eigenvalue weighted by molar-refractivity contribution is 5.91. The predicted molar refractivity (Wildman–Crippen MR) is 92.2 cm³/mol. The van der Waals surface area contributed by atoms with E-state index in [2.05, 4.69) is 55.1 Å². The van der Waals surface area contributed by atoms with Crippen molar-refractivity contribution in [2.75, 3.05) is 20.2 Å². The van der Waals surface area contributed by atoms with Crippen LogP contribution in [-0.2, 0) is 6.54 Å². The molecule has 2 aromatic rings. The lowest BCUT2D eigenvalue weighted by Gasteiger charge is -2.42. The molecular weight excluding hydrogens is 272 g/mol. The molecule has 1 fully saturated rings. The standard InChI is InChI=1S/C19H26N2O/c1-19(2)13-21(11-10-18(19)20)12-14-8-9-17(22-3)16-7-5-4-6-15(14)16/h4-9,18H,10-13,20H2,1-3H3. The molecule has 0 radical (unpaired) electrons. The second kappa shape index (κ2) is 5.90. The van der Waals surface area contributed by atoms with E-state index in [9.17, 15) is 0 Å². The van der Waals surface area contributed by atoms with Crippen LogP contribution in [0.1, 0.15) is 25.8 Å². The third-order valence-corrected chi connectivity index (χ3v) is 4.98. The number of likely N-dealkylation sites (tertiary alicyclic amines) is 1. The normalized spacial score (nSPS) is 21.9. The minimum atomic E-state index is 0.181. The zero-order chi connectivity index (χ0) is 15.7. The first kappa shape index (κ1) is 15.3. The molecule has 3 rings (SSSR count). The first-order valence-corrected chi connectivity index (χ1v) is 8.04. The Balaban J connectivity index is 1.89. The lowest BCUT2D eigenvalue weighted by Crippen LogP contribution is -2.52. The van der Waals surface area contributed by atoms with Crippen molar-refractivity contribution in [3.8, 4) is 5.75 Å². The van der Waals surface area contributed by atoms with Gasteiger partial charge in [0.1, 0.15) is 5.75 Å². The van der Waals surface area contributed by atoms with Crippen LogP contribution in [0.15, 0.2) is 36.4 Å². The number of rotatable bonds is 3. The molecule has 22 heavy (non-hydrogen) atoms. The molecule has 3 nitrogen and oxygen atoms in total. The monoisotopic (exact) mass is 298 g/mol. The lowest BCUT2D eigenvalue weighted by molar-refractivity contribution is 0.0902. The third-order valence-electron chi connectivity index (χ3n) is 4.98. The summed E-state index contributed by atoms with van der Waals surface area (Å²) in [4.78, 5) is 2.53. The molecule has 2 aromatic carbocycles. The van der Waals surface area contributed by atoms with Gasteiger partial charge in [-0.3, -0.25) is 4.90 Å². The molecular formula is C19H26N2O. The Kier molecular flexibility index (Phi) is 4.11. The lowest BCUT2D eigenvalue weighted by atomic mass is 9.79. The van der Waals surface area contributed by atoms with Crippen molar-refractivity contribution in [1.29, 1.82) is 0 Å². The maximum Gasteiger partial charge on any atom is 0.126 e. The van der Waals surface area contributed by atoms with Crippen LogP contribution >= 0.6 is 0 Å². The number of methoxy groups -OCH3 is 1. The minimum Gasteiger partial charge on any atom is -0.496 e. The van der Waals surface area contributed by atoms with Crippen molar-refractivity contribution in [1.82, 2.24) is 4.90 Å². The number of nitrogens with zero attached hydrogens (tertiary/aromatic N) is 1. The summed E-state index contributed by atoms with van der Waals surface area (Å²) in [5, 5.41) is 2.48. The second-order valence-electron chi connectivity index (χ2n) is 7.07. The van der Waals surface area contributed by atoms with E-state index >= 15 is 0 Å². The van der Waals surface area contributed by atoms with E-state index < -0.39 is 0 Å². The Morgan fingerprint density at radius 1 is 1.18 bits per heavy atom. The van der Waals surface area contributed by atoms with E-state index in [1.165, 1.54) is 16.3 Å². The Morgan fingerprint density at radius 2 is 1.91 bits per heavy atom. The summed E-state index contributed by atoms with van der Waals surface area (Å²) in [5.74, 6) is 0.945. The van der Waals surface area contributed by atoms with Gasteiger partial charge in [0, 0.05) is 31.1 Å². The highest BCUT2D eigenvalue weighted by Crippen LogP contribution is 2.32. The summed E-state index contributed by atoms with van der Waals surface area (Å²) >= 11 is 0. The SMILES string of the molecule is COc1ccc(CN2CCC(N)C(C)(C)C2)c2ccccc12. The van der Waals surface area contributed by atoms with Gasteiger partial charge in [0.25, 0.3) is 0 Å². The van der Waals surface area contributed by atoms with Crippen molar-refractivity contribution in [3.63, 3.8) is 0 Å². The molecule has 0 saturated carbocycles. The van der Waals surface area contributed by atoms with Gasteiger partial charge in [0.05, 0.1) is 7.11 Å². The van der Waals surface area contributed by atoms with E-state index in [1.807, 2.05) is 0 Å². The van der Waals surface area contributed by atoms with Gasteiger partial charge in [-0.2, -0.15) is 0 Å². The highest BCUT2D eigenvalue weighted by Gasteiger charge is 2.33. The summed E-state index contributed by atoms with van der Waals surface area (Å²) in [6.45, 7) is 7.64. The molecule has 3 heteroatoms. The van der Waals surface area contributed by atoms with E-state index in [0.717, 1.165) is 31.8 Å². The molecule has 1 heterocycles. The maximum absolute atomic E-state index is 6.25. The molecule has 1 atom stereocenters. The van der Waals surface area contributed by atoms with Crippen LogP contribution in [0.2, 0.25) is 0 Å².